The van der Waals surface area contributed by atoms with E-state index in [0.29, 0.717) is 35.5 Å². The van der Waals surface area contributed by atoms with Gasteiger partial charge in [0.2, 0.25) is 5.95 Å². The number of hydrogen-bond donors (Lipinski definition) is 3. The van der Waals surface area contributed by atoms with Crippen LogP contribution in [0.5, 0.6) is 0 Å². The minimum absolute atomic E-state index is 0.0376. The van der Waals surface area contributed by atoms with Gasteiger partial charge in [-0.2, -0.15) is 4.98 Å². The SMILES string of the molecule is Cc1ccc(C(=O)NC(C)C)cc1-c1nc(NCCN(C)C)nc2c1CNC(=O)N2c1c(F)cccc1F. The lowest BCUT2D eigenvalue weighted by Gasteiger charge is -2.31. The lowest BCUT2D eigenvalue weighted by Crippen LogP contribution is -2.43. The molecule has 0 fully saturated rings. The highest BCUT2D eigenvalue weighted by Gasteiger charge is 2.34. The maximum Gasteiger partial charge on any atom is 0.328 e. The van der Waals surface area contributed by atoms with Gasteiger partial charge < -0.3 is 20.9 Å². The highest BCUT2D eigenvalue weighted by molar-refractivity contribution is 6.02. The van der Waals surface area contributed by atoms with E-state index in [1.165, 1.54) is 6.07 Å². The summed E-state index contributed by atoms with van der Waals surface area (Å²) < 4.78 is 29.7. The van der Waals surface area contributed by atoms with Gasteiger partial charge in [-0.25, -0.2) is 23.5 Å². The van der Waals surface area contributed by atoms with E-state index in [4.69, 9.17) is 4.98 Å². The van der Waals surface area contributed by atoms with Crippen molar-refractivity contribution >= 4 is 29.4 Å². The summed E-state index contributed by atoms with van der Waals surface area (Å²) in [5, 5.41) is 8.70. The second-order valence-corrected chi connectivity index (χ2v) is 9.65. The third kappa shape index (κ3) is 5.57. The van der Waals surface area contributed by atoms with Crippen molar-refractivity contribution in [1.82, 2.24) is 25.5 Å². The molecule has 2 heterocycles. The number of halogens is 2. The topological polar surface area (TPSA) is 102 Å². The molecule has 38 heavy (non-hydrogen) atoms. The molecule has 0 saturated heterocycles. The van der Waals surface area contributed by atoms with Crippen molar-refractivity contribution in [3.8, 4) is 11.3 Å². The molecule has 1 aromatic heterocycles. The van der Waals surface area contributed by atoms with Gasteiger partial charge in [0.1, 0.15) is 17.3 Å². The van der Waals surface area contributed by atoms with Gasteiger partial charge in [0.15, 0.2) is 5.82 Å². The van der Waals surface area contributed by atoms with E-state index in [-0.39, 0.29) is 30.3 Å². The molecule has 0 unspecified atom stereocenters. The molecule has 3 N–H and O–H groups in total. The zero-order valence-electron chi connectivity index (χ0n) is 22.0. The molecular formula is C27H31F2N7O2. The standard InChI is InChI=1S/C27H31F2N7O2/c1-15(2)32-25(37)17-10-9-16(3)18(13-17)22-19-14-31-27(38)36(23-20(28)7-6-8-21(23)29)24(19)34-26(33-22)30-11-12-35(4)5/h6-10,13,15H,11-12,14H2,1-5H3,(H,31,38)(H,32,37)(H,30,33,34). The van der Waals surface area contributed by atoms with Gasteiger partial charge in [-0.15, -0.1) is 0 Å². The van der Waals surface area contributed by atoms with Crippen molar-refractivity contribution in [2.75, 3.05) is 37.4 Å². The van der Waals surface area contributed by atoms with Gasteiger partial charge in [0.05, 0.1) is 12.2 Å². The number of nitrogens with zero attached hydrogens (tertiary/aromatic N) is 4. The molecule has 0 atom stereocenters. The summed E-state index contributed by atoms with van der Waals surface area (Å²) in [6.07, 6.45) is 0. The Kier molecular flexibility index (Phi) is 7.86. The summed E-state index contributed by atoms with van der Waals surface area (Å²) >= 11 is 0. The van der Waals surface area contributed by atoms with Crippen LogP contribution in [0.1, 0.15) is 35.3 Å². The van der Waals surface area contributed by atoms with Crippen LogP contribution in [-0.2, 0) is 6.54 Å². The second-order valence-electron chi connectivity index (χ2n) is 9.65. The number of carbonyl (C=O) groups is 2. The molecule has 3 amide bonds. The number of rotatable bonds is 8. The van der Waals surface area contributed by atoms with Crippen LogP contribution in [0, 0.1) is 18.6 Å². The lowest BCUT2D eigenvalue weighted by molar-refractivity contribution is 0.0943. The molecule has 200 valence electrons. The summed E-state index contributed by atoms with van der Waals surface area (Å²) in [5.74, 6) is -1.80. The van der Waals surface area contributed by atoms with Crippen LogP contribution >= 0.6 is 0 Å². The first kappa shape index (κ1) is 26.9. The summed E-state index contributed by atoms with van der Waals surface area (Å²) in [7, 11) is 3.84. The number of carbonyl (C=O) groups excluding carboxylic acids is 2. The molecule has 0 bridgehead atoms. The van der Waals surface area contributed by atoms with Crippen LogP contribution in [-0.4, -0.2) is 60.0 Å². The van der Waals surface area contributed by atoms with Crippen LogP contribution in [0.15, 0.2) is 36.4 Å². The van der Waals surface area contributed by atoms with Crippen LogP contribution in [0.2, 0.25) is 0 Å². The van der Waals surface area contributed by atoms with Gasteiger partial charge in [-0.3, -0.25) is 4.79 Å². The van der Waals surface area contributed by atoms with Crippen molar-refractivity contribution in [2.24, 2.45) is 0 Å². The smallest absolute Gasteiger partial charge is 0.328 e. The monoisotopic (exact) mass is 523 g/mol. The molecule has 9 nitrogen and oxygen atoms in total. The van der Waals surface area contributed by atoms with Crippen LogP contribution < -0.4 is 20.9 Å². The number of aromatic nitrogens is 2. The Balaban J connectivity index is 1.92. The maximum absolute atomic E-state index is 14.9. The van der Waals surface area contributed by atoms with Crippen molar-refractivity contribution in [3.05, 3.63) is 64.7 Å². The van der Waals surface area contributed by atoms with E-state index >= 15 is 0 Å². The fourth-order valence-electron chi connectivity index (χ4n) is 4.13. The van der Waals surface area contributed by atoms with Crippen LogP contribution in [0.25, 0.3) is 11.3 Å². The number of anilines is 3. The minimum Gasteiger partial charge on any atom is -0.353 e. The Morgan fingerprint density at radius 2 is 1.87 bits per heavy atom. The van der Waals surface area contributed by atoms with E-state index in [1.807, 2.05) is 45.8 Å². The van der Waals surface area contributed by atoms with E-state index in [2.05, 4.69) is 20.9 Å². The number of benzene rings is 2. The number of para-hydroxylation sites is 1. The molecule has 0 aliphatic carbocycles. The van der Waals surface area contributed by atoms with E-state index < -0.39 is 23.4 Å². The van der Waals surface area contributed by atoms with Crippen molar-refractivity contribution in [1.29, 1.82) is 0 Å². The Bertz CT molecular complexity index is 1360. The summed E-state index contributed by atoms with van der Waals surface area (Å²) in [4.78, 5) is 37.9. The van der Waals surface area contributed by atoms with Crippen LogP contribution in [0.4, 0.5) is 31.0 Å². The molecule has 0 radical (unpaired) electrons. The number of nitrogens with one attached hydrogen (secondary N) is 3. The van der Waals surface area contributed by atoms with Gasteiger partial charge in [0.25, 0.3) is 5.91 Å². The van der Waals surface area contributed by atoms with Gasteiger partial charge in [-0.1, -0.05) is 12.1 Å². The predicted octanol–water partition coefficient (Wildman–Crippen LogP) is 4.20. The third-order valence-electron chi connectivity index (χ3n) is 5.99. The molecule has 0 saturated carbocycles. The number of aryl methyl sites for hydroxylation is 1. The first-order valence-corrected chi connectivity index (χ1v) is 12.3. The van der Waals surface area contributed by atoms with E-state index in [9.17, 15) is 18.4 Å². The van der Waals surface area contributed by atoms with Crippen molar-refractivity contribution in [3.63, 3.8) is 0 Å². The Labute approximate surface area is 220 Å². The minimum atomic E-state index is -0.904. The molecule has 0 spiro atoms. The number of amides is 3. The lowest BCUT2D eigenvalue weighted by atomic mass is 9.97. The average Bonchev–Trinajstić information content (AvgIpc) is 2.84. The van der Waals surface area contributed by atoms with E-state index in [1.54, 1.807) is 12.1 Å². The molecule has 4 rings (SSSR count). The summed E-state index contributed by atoms with van der Waals surface area (Å²) in [6, 6.07) is 7.89. The van der Waals surface area contributed by atoms with Gasteiger partial charge in [0, 0.05) is 35.8 Å². The summed E-state index contributed by atoms with van der Waals surface area (Å²) in [5.41, 5.74) is 2.28. The number of hydrogen-bond acceptors (Lipinski definition) is 6. The van der Waals surface area contributed by atoms with Crippen molar-refractivity contribution in [2.45, 2.75) is 33.4 Å². The average molecular weight is 524 g/mol. The zero-order chi connectivity index (χ0) is 27.6. The highest BCUT2D eigenvalue weighted by Crippen LogP contribution is 2.39. The largest absolute Gasteiger partial charge is 0.353 e. The molecule has 1 aliphatic heterocycles. The molecule has 11 heteroatoms. The Hall–Kier alpha value is -4.12. The molecule has 2 aromatic carbocycles. The van der Waals surface area contributed by atoms with E-state index in [0.717, 1.165) is 22.6 Å². The number of likely N-dealkylation sites (N-methyl/N-ethyl adjacent to an activating group) is 1. The predicted molar refractivity (Wildman–Crippen MR) is 143 cm³/mol. The Morgan fingerprint density at radius 1 is 1.16 bits per heavy atom. The van der Waals surface area contributed by atoms with Crippen molar-refractivity contribution < 1.29 is 18.4 Å². The third-order valence-corrected chi connectivity index (χ3v) is 5.99. The maximum atomic E-state index is 14.9. The van der Waals surface area contributed by atoms with Gasteiger partial charge >= 0.3 is 6.03 Å². The fourth-order valence-corrected chi connectivity index (χ4v) is 4.13. The first-order valence-electron chi connectivity index (χ1n) is 12.3. The van der Waals surface area contributed by atoms with Crippen LogP contribution in [0.3, 0.4) is 0 Å². The first-order chi connectivity index (χ1) is 18.1. The molecule has 3 aromatic rings. The fraction of sp³-hybridized carbons (Fsp3) is 0.333. The van der Waals surface area contributed by atoms with Gasteiger partial charge in [-0.05, 0) is 64.7 Å². The normalized spacial score (nSPS) is 13.0. The molecular weight excluding hydrogens is 492 g/mol. The second kappa shape index (κ2) is 11.1. The highest BCUT2D eigenvalue weighted by atomic mass is 19.1. The quantitative estimate of drug-likeness (QED) is 0.409. The summed E-state index contributed by atoms with van der Waals surface area (Å²) in [6.45, 7) is 6.82. The zero-order valence-corrected chi connectivity index (χ0v) is 22.0. The number of fused-ring (bicyclic) bond motifs is 1. The number of urea groups is 1. The Morgan fingerprint density at radius 3 is 2.53 bits per heavy atom. The molecule has 1 aliphatic rings.